The number of ketones is 1. The smallest absolute Gasteiger partial charge is 0.169 e. The normalized spacial score (nSPS) is 33.1. The Hall–Kier alpha value is -1.05. The topological polar surface area (TPSA) is 30.2 Å². The van der Waals surface area contributed by atoms with Crippen molar-refractivity contribution in [2.24, 2.45) is 17.8 Å². The fourth-order valence-electron chi connectivity index (χ4n) is 3.75. The molecule has 0 radical (unpaired) electrons. The van der Waals surface area contributed by atoms with Crippen LogP contribution in [0.2, 0.25) is 0 Å². The zero-order chi connectivity index (χ0) is 11.7. The predicted octanol–water partition coefficient (Wildman–Crippen LogP) is 4.07. The van der Waals surface area contributed by atoms with Gasteiger partial charge in [0.2, 0.25) is 0 Å². The second kappa shape index (κ2) is 4.67. The van der Waals surface area contributed by atoms with Crippen LogP contribution in [0.5, 0.6) is 0 Å². The molecule has 2 nitrogen and oxygen atoms in total. The molecule has 0 amide bonds. The first-order valence-corrected chi connectivity index (χ1v) is 6.91. The largest absolute Gasteiger partial charge is 0.472 e. The monoisotopic (exact) mass is 232 g/mol. The molecule has 3 atom stereocenters. The third kappa shape index (κ3) is 2.18. The Bertz CT molecular complexity index is 380. The summed E-state index contributed by atoms with van der Waals surface area (Å²) >= 11 is 0. The summed E-state index contributed by atoms with van der Waals surface area (Å²) < 4.78 is 5.01. The van der Waals surface area contributed by atoms with E-state index in [9.17, 15) is 4.79 Å². The standard InChI is InChI=1S/C15H20O2/c16-15(14-7-8-17-10-14)13-6-5-11-3-1-2-4-12(11)9-13/h7-8,10-13H,1-6,9H2. The van der Waals surface area contributed by atoms with Crippen LogP contribution in [-0.2, 0) is 0 Å². The molecule has 3 rings (SSSR count). The van der Waals surface area contributed by atoms with Gasteiger partial charge in [-0.1, -0.05) is 25.7 Å². The van der Waals surface area contributed by atoms with Crippen LogP contribution in [0.4, 0.5) is 0 Å². The van der Waals surface area contributed by atoms with E-state index in [1.807, 2.05) is 0 Å². The lowest BCUT2D eigenvalue weighted by atomic mass is 9.66. The molecule has 1 aromatic rings. The van der Waals surface area contributed by atoms with Crippen molar-refractivity contribution >= 4 is 5.78 Å². The third-order valence-electron chi connectivity index (χ3n) is 4.72. The van der Waals surface area contributed by atoms with E-state index >= 15 is 0 Å². The summed E-state index contributed by atoms with van der Waals surface area (Å²) in [5.41, 5.74) is 0.768. The summed E-state index contributed by atoms with van der Waals surface area (Å²) in [5.74, 6) is 2.30. The Kier molecular flexibility index (Phi) is 3.04. The van der Waals surface area contributed by atoms with E-state index < -0.39 is 0 Å². The van der Waals surface area contributed by atoms with Crippen LogP contribution in [0, 0.1) is 17.8 Å². The van der Waals surface area contributed by atoms with Crippen LogP contribution in [0.15, 0.2) is 23.0 Å². The van der Waals surface area contributed by atoms with Crippen molar-refractivity contribution in [3.8, 4) is 0 Å². The number of hydrogen-bond acceptors (Lipinski definition) is 2. The lowest BCUT2D eigenvalue weighted by Crippen LogP contribution is -2.31. The highest BCUT2D eigenvalue weighted by Crippen LogP contribution is 2.43. The molecule has 2 aliphatic carbocycles. The van der Waals surface area contributed by atoms with Gasteiger partial charge in [0.1, 0.15) is 6.26 Å². The number of carbonyl (C=O) groups excluding carboxylic acids is 1. The molecule has 92 valence electrons. The minimum atomic E-state index is 0.256. The van der Waals surface area contributed by atoms with E-state index in [1.54, 1.807) is 18.6 Å². The summed E-state index contributed by atoms with van der Waals surface area (Å²) in [7, 11) is 0. The highest BCUT2D eigenvalue weighted by molar-refractivity contribution is 5.97. The minimum Gasteiger partial charge on any atom is -0.472 e. The molecule has 2 saturated carbocycles. The van der Waals surface area contributed by atoms with Gasteiger partial charge in [-0.3, -0.25) is 4.79 Å². The van der Waals surface area contributed by atoms with Gasteiger partial charge in [-0.25, -0.2) is 0 Å². The number of rotatable bonds is 2. The summed E-state index contributed by atoms with van der Waals surface area (Å²) in [4.78, 5) is 12.3. The van der Waals surface area contributed by atoms with E-state index in [-0.39, 0.29) is 5.92 Å². The number of furan rings is 1. The SMILES string of the molecule is O=C(c1ccoc1)C1CCC2CCCCC2C1. The van der Waals surface area contributed by atoms with Gasteiger partial charge < -0.3 is 4.42 Å². The first-order valence-electron chi connectivity index (χ1n) is 6.91. The molecule has 0 spiro atoms. The Morgan fingerprint density at radius 2 is 1.94 bits per heavy atom. The number of carbonyl (C=O) groups is 1. The molecule has 17 heavy (non-hydrogen) atoms. The van der Waals surface area contributed by atoms with Gasteiger partial charge in [-0.15, -0.1) is 0 Å². The zero-order valence-electron chi connectivity index (χ0n) is 10.2. The molecular weight excluding hydrogens is 212 g/mol. The fraction of sp³-hybridized carbons (Fsp3) is 0.667. The lowest BCUT2D eigenvalue weighted by molar-refractivity contribution is 0.0763. The second-order valence-electron chi connectivity index (χ2n) is 5.69. The van der Waals surface area contributed by atoms with E-state index in [0.717, 1.165) is 30.2 Å². The Balaban J connectivity index is 1.67. The second-order valence-corrected chi connectivity index (χ2v) is 5.69. The average molecular weight is 232 g/mol. The van der Waals surface area contributed by atoms with E-state index in [0.29, 0.717) is 5.78 Å². The van der Waals surface area contributed by atoms with E-state index in [1.165, 1.54) is 32.1 Å². The van der Waals surface area contributed by atoms with Gasteiger partial charge in [-0.2, -0.15) is 0 Å². The van der Waals surface area contributed by atoms with Gasteiger partial charge >= 0.3 is 0 Å². The van der Waals surface area contributed by atoms with Crippen molar-refractivity contribution in [2.75, 3.05) is 0 Å². The molecule has 0 aliphatic heterocycles. The summed E-state index contributed by atoms with van der Waals surface area (Å²) in [6.07, 6.45) is 12.2. The van der Waals surface area contributed by atoms with Crippen molar-refractivity contribution in [3.63, 3.8) is 0 Å². The third-order valence-corrected chi connectivity index (χ3v) is 4.72. The maximum absolute atomic E-state index is 12.3. The fourth-order valence-corrected chi connectivity index (χ4v) is 3.75. The Labute approximate surface area is 102 Å². The molecule has 2 fully saturated rings. The molecule has 0 bridgehead atoms. The molecule has 1 aromatic heterocycles. The van der Waals surface area contributed by atoms with Gasteiger partial charge in [0.15, 0.2) is 5.78 Å². The molecule has 2 heteroatoms. The zero-order valence-corrected chi connectivity index (χ0v) is 10.2. The van der Waals surface area contributed by atoms with Crippen LogP contribution < -0.4 is 0 Å². The van der Waals surface area contributed by atoms with Crippen LogP contribution in [0.3, 0.4) is 0 Å². The van der Waals surface area contributed by atoms with Crippen LogP contribution in [0.1, 0.15) is 55.3 Å². The number of hydrogen-bond donors (Lipinski definition) is 0. The van der Waals surface area contributed by atoms with Crippen molar-refractivity contribution in [2.45, 2.75) is 44.9 Å². The van der Waals surface area contributed by atoms with Crippen molar-refractivity contribution in [1.82, 2.24) is 0 Å². The van der Waals surface area contributed by atoms with Crippen LogP contribution >= 0.6 is 0 Å². The highest BCUT2D eigenvalue weighted by atomic mass is 16.3. The van der Waals surface area contributed by atoms with Crippen LogP contribution in [0.25, 0.3) is 0 Å². The first kappa shape index (κ1) is 11.1. The average Bonchev–Trinajstić information content (AvgIpc) is 2.91. The van der Waals surface area contributed by atoms with Gasteiger partial charge in [0.25, 0.3) is 0 Å². The van der Waals surface area contributed by atoms with E-state index in [4.69, 9.17) is 4.42 Å². The molecule has 0 saturated heterocycles. The maximum atomic E-state index is 12.3. The molecule has 0 aromatic carbocycles. The maximum Gasteiger partial charge on any atom is 0.169 e. The van der Waals surface area contributed by atoms with E-state index in [2.05, 4.69) is 0 Å². The van der Waals surface area contributed by atoms with Crippen LogP contribution in [-0.4, -0.2) is 5.78 Å². The molecular formula is C15H20O2. The van der Waals surface area contributed by atoms with Crippen molar-refractivity contribution in [3.05, 3.63) is 24.2 Å². The lowest BCUT2D eigenvalue weighted by Gasteiger charge is -2.38. The summed E-state index contributed by atoms with van der Waals surface area (Å²) in [6, 6.07) is 1.80. The van der Waals surface area contributed by atoms with Gasteiger partial charge in [-0.05, 0) is 37.2 Å². The predicted molar refractivity (Wildman–Crippen MR) is 65.8 cm³/mol. The molecule has 1 heterocycles. The first-order chi connectivity index (χ1) is 8.34. The highest BCUT2D eigenvalue weighted by Gasteiger charge is 2.35. The molecule has 0 N–H and O–H groups in total. The van der Waals surface area contributed by atoms with Gasteiger partial charge in [0.05, 0.1) is 11.8 Å². The Morgan fingerprint density at radius 1 is 1.12 bits per heavy atom. The quantitative estimate of drug-likeness (QED) is 0.719. The minimum absolute atomic E-state index is 0.256. The van der Waals surface area contributed by atoms with Gasteiger partial charge in [0, 0.05) is 5.92 Å². The number of fused-ring (bicyclic) bond motifs is 1. The molecule has 3 unspecified atom stereocenters. The van der Waals surface area contributed by atoms with Crippen molar-refractivity contribution in [1.29, 1.82) is 0 Å². The Morgan fingerprint density at radius 3 is 2.71 bits per heavy atom. The number of Topliss-reactive ketones (excluding diaryl/α,β-unsaturated/α-hetero) is 1. The molecule has 2 aliphatic rings. The summed E-state index contributed by atoms with van der Waals surface area (Å²) in [6.45, 7) is 0. The van der Waals surface area contributed by atoms with Crippen molar-refractivity contribution < 1.29 is 9.21 Å². The summed E-state index contributed by atoms with van der Waals surface area (Å²) in [5, 5.41) is 0.